The van der Waals surface area contributed by atoms with E-state index in [0.29, 0.717) is 0 Å². The van der Waals surface area contributed by atoms with Gasteiger partial charge in [0.25, 0.3) is 0 Å². The van der Waals surface area contributed by atoms with Crippen LogP contribution in [0.25, 0.3) is 0 Å². The van der Waals surface area contributed by atoms with Crippen LogP contribution in [0.3, 0.4) is 0 Å². The molecule has 0 heterocycles. The van der Waals surface area contributed by atoms with Crippen LogP contribution >= 0.6 is 14.5 Å². The third-order valence-corrected chi connectivity index (χ3v) is 22.6. The SMILES string of the molecule is O=C([O-])c1ccccc1[S+]([O-])c1ccccc1C(=O)[O-].c1ccc(C[P+](c2ccccc2)(c2ccccc2)c2ccccc2)cc1.c1ccc(C[P+](c2ccccc2)(c2ccccc2)c2ccccc2)cc1. The monoisotopic (exact) mass is 994 g/mol. The number of rotatable bonds is 14. The molecule has 0 unspecified atom stereocenters. The fourth-order valence-corrected chi connectivity index (χ4v) is 18.8. The lowest BCUT2D eigenvalue weighted by Gasteiger charge is -2.27. The first-order valence-electron chi connectivity index (χ1n) is 23.5. The van der Waals surface area contributed by atoms with Crippen molar-refractivity contribution in [1.82, 2.24) is 0 Å². The van der Waals surface area contributed by atoms with Crippen molar-refractivity contribution in [2.24, 2.45) is 0 Å². The van der Waals surface area contributed by atoms with Crippen molar-refractivity contribution in [3.63, 3.8) is 0 Å². The van der Waals surface area contributed by atoms with Crippen molar-refractivity contribution in [3.8, 4) is 0 Å². The zero-order valence-electron chi connectivity index (χ0n) is 39.5. The molecule has 0 amide bonds. The van der Waals surface area contributed by atoms with Gasteiger partial charge in [0.15, 0.2) is 9.79 Å². The summed E-state index contributed by atoms with van der Waals surface area (Å²) in [6.45, 7) is 0. The number of hydrogen-bond donors (Lipinski definition) is 0. The lowest BCUT2D eigenvalue weighted by molar-refractivity contribution is -0.256. The maximum atomic E-state index is 12.4. The average molecular weight is 995 g/mol. The van der Waals surface area contributed by atoms with Crippen molar-refractivity contribution >= 4 is 69.5 Å². The average Bonchev–Trinajstić information content (AvgIpc) is 3.46. The fourth-order valence-electron chi connectivity index (χ4n) is 8.96. The van der Waals surface area contributed by atoms with E-state index in [9.17, 15) is 24.4 Å². The molecule has 0 atom stereocenters. The Balaban J connectivity index is 0.000000146. The van der Waals surface area contributed by atoms with Crippen molar-refractivity contribution < 1.29 is 24.4 Å². The molecule has 10 aromatic rings. The van der Waals surface area contributed by atoms with Gasteiger partial charge in [-0.3, -0.25) is 0 Å². The molecule has 72 heavy (non-hydrogen) atoms. The van der Waals surface area contributed by atoms with Crippen molar-refractivity contribution in [1.29, 1.82) is 0 Å². The lowest BCUT2D eigenvalue weighted by atomic mass is 10.2. The summed E-state index contributed by atoms with van der Waals surface area (Å²) in [5.74, 6) is -2.94. The van der Waals surface area contributed by atoms with E-state index in [2.05, 4.69) is 243 Å². The highest BCUT2D eigenvalue weighted by atomic mass is 32.2. The van der Waals surface area contributed by atoms with Crippen LogP contribution in [-0.4, -0.2) is 16.5 Å². The van der Waals surface area contributed by atoms with E-state index in [1.807, 2.05) is 0 Å². The Kier molecular flexibility index (Phi) is 17.5. The number of aromatic carboxylic acids is 2. The molecule has 0 bridgehead atoms. The Morgan fingerprint density at radius 3 is 0.708 bits per heavy atom. The van der Waals surface area contributed by atoms with Crippen LogP contribution in [0.15, 0.2) is 301 Å². The van der Waals surface area contributed by atoms with Crippen LogP contribution in [0.5, 0.6) is 0 Å². The van der Waals surface area contributed by atoms with Crippen LogP contribution < -0.4 is 42.0 Å². The van der Waals surface area contributed by atoms with Gasteiger partial charge in [-0.2, -0.15) is 0 Å². The minimum atomic E-state index is -1.95. The number of carbonyl (C=O) groups excluding carboxylic acids is 2. The van der Waals surface area contributed by atoms with E-state index in [1.54, 1.807) is 0 Å². The van der Waals surface area contributed by atoms with Crippen LogP contribution in [0.2, 0.25) is 0 Å². The maximum absolute atomic E-state index is 12.4. The van der Waals surface area contributed by atoms with E-state index in [-0.39, 0.29) is 20.9 Å². The number of hydrogen-bond acceptors (Lipinski definition) is 5. The van der Waals surface area contributed by atoms with Gasteiger partial charge in [0.2, 0.25) is 0 Å². The highest BCUT2D eigenvalue weighted by Crippen LogP contribution is 2.59. The molecule has 8 heteroatoms. The zero-order valence-corrected chi connectivity index (χ0v) is 42.1. The standard InChI is InChI=1S/2C25H22P.C14H10O5S/c2*1-5-13-22(14-6-1)21-26(23-15-7-2-8-16-23,24-17-9-3-10-18-24)25-19-11-4-12-20-25;15-13(16)9-5-1-3-7-11(9)20(19)12-8-4-2-6-10(12)14(17)18/h2*1-20H,21H2;1-8H,(H,15,16)(H,17,18)/q2*+1;/p-2. The van der Waals surface area contributed by atoms with Gasteiger partial charge in [-0.05, 0) is 108 Å². The molecule has 0 spiro atoms. The van der Waals surface area contributed by atoms with Gasteiger partial charge < -0.3 is 24.4 Å². The van der Waals surface area contributed by atoms with Crippen LogP contribution in [0, 0.1) is 0 Å². The summed E-state index contributed by atoms with van der Waals surface area (Å²) in [5.41, 5.74) is 2.30. The molecule has 0 saturated heterocycles. The van der Waals surface area contributed by atoms with E-state index in [1.165, 1.54) is 91.5 Å². The Morgan fingerprint density at radius 1 is 0.292 bits per heavy atom. The van der Waals surface area contributed by atoms with E-state index >= 15 is 0 Å². The summed E-state index contributed by atoms with van der Waals surface area (Å²) in [6.07, 6.45) is 2.07. The molecule has 0 aliphatic rings. The van der Waals surface area contributed by atoms with Crippen LogP contribution in [0.4, 0.5) is 0 Å². The Hall–Kier alpha value is -7.69. The van der Waals surface area contributed by atoms with Crippen LogP contribution in [-0.2, 0) is 23.5 Å². The summed E-state index contributed by atoms with van der Waals surface area (Å²) in [6, 6.07) is 99.2. The Bertz CT molecular complexity index is 2830. The predicted octanol–water partition coefficient (Wildman–Crippen LogP) is 9.94. The van der Waals surface area contributed by atoms with Gasteiger partial charge in [0, 0.05) is 11.2 Å². The lowest BCUT2D eigenvalue weighted by Crippen LogP contribution is -2.32. The Labute approximate surface area is 427 Å². The smallest absolute Gasteiger partial charge is 0.167 e. The second kappa shape index (κ2) is 24.9. The minimum absolute atomic E-state index is 0.0128. The molecular formula is C64H52O5P2S. The largest absolute Gasteiger partial charge is 0.606 e. The van der Waals surface area contributed by atoms with Gasteiger partial charge in [0.05, 0.1) is 35.4 Å². The topological polar surface area (TPSA) is 103 Å². The quantitative estimate of drug-likeness (QED) is 0.0798. The number of carbonyl (C=O) groups is 2. The minimum Gasteiger partial charge on any atom is -0.606 e. The van der Waals surface area contributed by atoms with E-state index in [0.717, 1.165) is 12.3 Å². The fraction of sp³-hybridized carbons (Fsp3) is 0.0312. The molecule has 0 aromatic heterocycles. The molecular weight excluding hydrogens is 943 g/mol. The molecule has 0 radical (unpaired) electrons. The highest BCUT2D eigenvalue weighted by molar-refractivity contribution is 7.95. The van der Waals surface area contributed by atoms with Crippen molar-refractivity contribution in [3.05, 3.63) is 313 Å². The molecule has 0 fully saturated rings. The van der Waals surface area contributed by atoms with Crippen molar-refractivity contribution in [2.45, 2.75) is 22.1 Å². The van der Waals surface area contributed by atoms with Crippen molar-refractivity contribution in [2.75, 3.05) is 0 Å². The third kappa shape index (κ3) is 11.9. The van der Waals surface area contributed by atoms with Crippen LogP contribution in [0.1, 0.15) is 31.8 Å². The molecule has 10 aromatic carbocycles. The predicted molar refractivity (Wildman–Crippen MR) is 297 cm³/mol. The summed E-state index contributed by atoms with van der Waals surface area (Å²) in [4.78, 5) is 22.0. The Morgan fingerprint density at radius 2 is 0.486 bits per heavy atom. The van der Waals surface area contributed by atoms with Gasteiger partial charge in [-0.25, -0.2) is 0 Å². The molecule has 0 saturated carbocycles. The highest BCUT2D eigenvalue weighted by Gasteiger charge is 2.46. The van der Waals surface area contributed by atoms with E-state index in [4.69, 9.17) is 0 Å². The second-order valence-electron chi connectivity index (χ2n) is 16.8. The van der Waals surface area contributed by atoms with E-state index < -0.39 is 37.6 Å². The van der Waals surface area contributed by atoms with Gasteiger partial charge in [-0.1, -0.05) is 194 Å². The summed E-state index contributed by atoms with van der Waals surface area (Å²) >= 11 is -1.95. The number of carboxylic acids is 2. The molecule has 354 valence electrons. The summed E-state index contributed by atoms with van der Waals surface area (Å²) in [5, 5.41) is 30.6. The zero-order chi connectivity index (χ0) is 50.0. The first kappa shape index (κ1) is 50.7. The molecule has 5 nitrogen and oxygen atoms in total. The van der Waals surface area contributed by atoms with Gasteiger partial charge >= 0.3 is 0 Å². The summed E-state index contributed by atoms with van der Waals surface area (Å²) in [7, 11) is -3.55. The first-order chi connectivity index (χ1) is 35.3. The normalized spacial score (nSPS) is 11.0. The maximum Gasteiger partial charge on any atom is 0.167 e. The first-order valence-corrected chi connectivity index (χ1v) is 28.6. The second-order valence-corrected chi connectivity index (χ2v) is 25.1. The number of benzene rings is 10. The molecule has 0 aliphatic heterocycles. The molecule has 10 rings (SSSR count). The third-order valence-electron chi connectivity index (χ3n) is 12.3. The number of carboxylic acid groups (broad SMARTS) is 2. The van der Waals surface area contributed by atoms with Gasteiger partial charge in [0.1, 0.15) is 46.4 Å². The summed E-state index contributed by atoms with van der Waals surface area (Å²) < 4.78 is 12.4. The van der Waals surface area contributed by atoms with Gasteiger partial charge in [-0.15, -0.1) is 0 Å². The molecule has 0 aliphatic carbocycles. The molecule has 0 N–H and O–H groups in total.